The van der Waals surface area contributed by atoms with Crippen molar-refractivity contribution in [3.63, 3.8) is 0 Å². The van der Waals surface area contributed by atoms with Crippen LogP contribution in [-0.2, 0) is 0 Å². The third-order valence-electron chi connectivity index (χ3n) is 2.21. The van der Waals surface area contributed by atoms with Crippen LogP contribution in [0.3, 0.4) is 0 Å². The first-order chi connectivity index (χ1) is 6.81. The molecule has 0 radical (unpaired) electrons. The van der Waals surface area contributed by atoms with Crippen molar-refractivity contribution in [3.8, 4) is 0 Å². The maximum absolute atomic E-state index is 5.60. The van der Waals surface area contributed by atoms with Crippen LogP contribution in [0.2, 0.25) is 0 Å². The van der Waals surface area contributed by atoms with Crippen molar-refractivity contribution in [1.29, 1.82) is 0 Å². The first kappa shape index (κ1) is 9.49. The van der Waals surface area contributed by atoms with Crippen LogP contribution >= 0.6 is 11.3 Å². The molecule has 1 N–H and O–H groups in total. The Morgan fingerprint density at radius 2 is 2.21 bits per heavy atom. The van der Waals surface area contributed by atoms with E-state index in [2.05, 4.69) is 22.1 Å². The van der Waals surface area contributed by atoms with Gasteiger partial charge >= 0.3 is 0 Å². The van der Waals surface area contributed by atoms with E-state index >= 15 is 0 Å². The summed E-state index contributed by atoms with van der Waals surface area (Å²) in [6, 6.07) is 6.30. The first-order valence-corrected chi connectivity index (χ1v) is 5.51. The smallest absolute Gasteiger partial charge is 0.125 e. The number of hydrogen-bond acceptors (Lipinski definition) is 3. The van der Waals surface area contributed by atoms with Gasteiger partial charge in [-0.05, 0) is 48.5 Å². The molecular formula is C11H13NOS. The van der Waals surface area contributed by atoms with Crippen molar-refractivity contribution >= 4 is 11.3 Å². The van der Waals surface area contributed by atoms with Gasteiger partial charge in [-0.2, -0.15) is 11.3 Å². The van der Waals surface area contributed by atoms with Crippen LogP contribution in [0.25, 0.3) is 0 Å². The lowest BCUT2D eigenvalue weighted by Crippen LogP contribution is -2.16. The zero-order valence-electron chi connectivity index (χ0n) is 8.28. The van der Waals surface area contributed by atoms with E-state index in [9.17, 15) is 0 Å². The highest BCUT2D eigenvalue weighted by Crippen LogP contribution is 2.24. The second kappa shape index (κ2) is 3.98. The van der Waals surface area contributed by atoms with Crippen LogP contribution in [-0.4, -0.2) is 7.05 Å². The van der Waals surface area contributed by atoms with Gasteiger partial charge in [-0.1, -0.05) is 0 Å². The van der Waals surface area contributed by atoms with Gasteiger partial charge in [0.05, 0.1) is 6.04 Å². The average molecular weight is 207 g/mol. The van der Waals surface area contributed by atoms with Gasteiger partial charge in [0.1, 0.15) is 11.5 Å². The van der Waals surface area contributed by atoms with E-state index in [0.717, 1.165) is 11.5 Å². The molecule has 0 aliphatic rings. The van der Waals surface area contributed by atoms with Crippen molar-refractivity contribution < 1.29 is 4.42 Å². The second-order valence-electron chi connectivity index (χ2n) is 3.23. The van der Waals surface area contributed by atoms with Gasteiger partial charge in [0, 0.05) is 0 Å². The fraction of sp³-hybridized carbons (Fsp3) is 0.273. The number of rotatable bonds is 3. The van der Waals surface area contributed by atoms with Crippen LogP contribution in [0.5, 0.6) is 0 Å². The van der Waals surface area contributed by atoms with Gasteiger partial charge in [0.15, 0.2) is 0 Å². The Labute approximate surface area is 87.6 Å². The lowest BCUT2D eigenvalue weighted by atomic mass is 10.1. The molecule has 0 aliphatic heterocycles. The molecular weight excluding hydrogens is 194 g/mol. The lowest BCUT2D eigenvalue weighted by Gasteiger charge is -2.11. The van der Waals surface area contributed by atoms with Gasteiger partial charge in [-0.25, -0.2) is 0 Å². The normalized spacial score (nSPS) is 13.0. The summed E-state index contributed by atoms with van der Waals surface area (Å²) in [5.74, 6) is 1.93. The number of furan rings is 1. The minimum Gasteiger partial charge on any atom is -0.464 e. The topological polar surface area (TPSA) is 25.2 Å². The molecule has 0 saturated heterocycles. The van der Waals surface area contributed by atoms with Crippen LogP contribution in [0.4, 0.5) is 0 Å². The lowest BCUT2D eigenvalue weighted by molar-refractivity contribution is 0.444. The molecule has 2 aromatic heterocycles. The molecule has 3 heteroatoms. The third-order valence-corrected chi connectivity index (χ3v) is 2.91. The van der Waals surface area contributed by atoms with E-state index in [1.165, 1.54) is 5.56 Å². The number of nitrogens with one attached hydrogen (secondary N) is 1. The molecule has 0 bridgehead atoms. The van der Waals surface area contributed by atoms with E-state index in [1.807, 2.05) is 26.1 Å². The molecule has 14 heavy (non-hydrogen) atoms. The summed E-state index contributed by atoms with van der Waals surface area (Å²) in [5.41, 5.74) is 1.26. The molecule has 0 spiro atoms. The van der Waals surface area contributed by atoms with Crippen molar-refractivity contribution in [2.75, 3.05) is 7.05 Å². The summed E-state index contributed by atoms with van der Waals surface area (Å²) in [5, 5.41) is 7.46. The maximum atomic E-state index is 5.60. The third kappa shape index (κ3) is 1.74. The molecule has 0 aliphatic carbocycles. The fourth-order valence-corrected chi connectivity index (χ4v) is 2.21. The summed E-state index contributed by atoms with van der Waals surface area (Å²) in [4.78, 5) is 0. The molecule has 0 amide bonds. The van der Waals surface area contributed by atoms with Crippen molar-refractivity contribution in [3.05, 3.63) is 46.0 Å². The van der Waals surface area contributed by atoms with Crippen LogP contribution in [0.15, 0.2) is 33.4 Å². The highest BCUT2D eigenvalue weighted by atomic mass is 32.1. The monoisotopic (exact) mass is 207 g/mol. The minimum absolute atomic E-state index is 0.176. The Hall–Kier alpha value is -1.06. The zero-order chi connectivity index (χ0) is 9.97. The largest absolute Gasteiger partial charge is 0.464 e. The van der Waals surface area contributed by atoms with Crippen molar-refractivity contribution in [2.24, 2.45) is 0 Å². The van der Waals surface area contributed by atoms with Gasteiger partial charge in [0.2, 0.25) is 0 Å². The molecule has 74 valence electrons. The molecule has 2 heterocycles. The van der Waals surface area contributed by atoms with Crippen LogP contribution in [0.1, 0.15) is 23.1 Å². The van der Waals surface area contributed by atoms with Crippen molar-refractivity contribution in [2.45, 2.75) is 13.0 Å². The van der Waals surface area contributed by atoms with Gasteiger partial charge in [-0.15, -0.1) is 0 Å². The molecule has 0 aromatic carbocycles. The fourth-order valence-electron chi connectivity index (χ4n) is 1.52. The molecule has 1 atom stereocenters. The Morgan fingerprint density at radius 3 is 2.71 bits per heavy atom. The summed E-state index contributed by atoms with van der Waals surface area (Å²) >= 11 is 1.70. The zero-order valence-corrected chi connectivity index (χ0v) is 9.10. The summed E-state index contributed by atoms with van der Waals surface area (Å²) in [7, 11) is 1.94. The Balaban J connectivity index is 2.31. The Kier molecular flexibility index (Phi) is 2.70. The Morgan fingerprint density at radius 1 is 1.36 bits per heavy atom. The van der Waals surface area contributed by atoms with Gasteiger partial charge in [0.25, 0.3) is 0 Å². The predicted molar refractivity (Wildman–Crippen MR) is 58.7 cm³/mol. The number of hydrogen-bond donors (Lipinski definition) is 1. The van der Waals surface area contributed by atoms with E-state index in [-0.39, 0.29) is 6.04 Å². The standard InChI is InChI=1S/C11H13NOS/c1-8-3-4-10(13-8)11(12-2)9-5-6-14-7-9/h3-7,11-12H,1-2H3. The van der Waals surface area contributed by atoms with E-state index < -0.39 is 0 Å². The van der Waals surface area contributed by atoms with E-state index in [0.29, 0.717) is 0 Å². The van der Waals surface area contributed by atoms with Crippen molar-refractivity contribution in [1.82, 2.24) is 5.32 Å². The average Bonchev–Trinajstić information content (AvgIpc) is 2.79. The second-order valence-corrected chi connectivity index (χ2v) is 4.01. The minimum atomic E-state index is 0.176. The van der Waals surface area contributed by atoms with Crippen LogP contribution in [0, 0.1) is 6.92 Å². The highest BCUT2D eigenvalue weighted by Gasteiger charge is 2.15. The van der Waals surface area contributed by atoms with Gasteiger partial charge in [-0.3, -0.25) is 0 Å². The molecule has 0 fully saturated rings. The first-order valence-electron chi connectivity index (χ1n) is 4.57. The summed E-state index contributed by atoms with van der Waals surface area (Å²) < 4.78 is 5.60. The summed E-state index contributed by atoms with van der Waals surface area (Å²) in [6.45, 7) is 1.96. The highest BCUT2D eigenvalue weighted by molar-refractivity contribution is 7.08. The number of aryl methyl sites for hydroxylation is 1. The molecule has 0 saturated carbocycles. The maximum Gasteiger partial charge on any atom is 0.125 e. The Bertz CT molecular complexity index is 391. The van der Waals surface area contributed by atoms with E-state index in [4.69, 9.17) is 4.42 Å². The number of thiophene rings is 1. The molecule has 2 rings (SSSR count). The van der Waals surface area contributed by atoms with Crippen LogP contribution < -0.4 is 5.32 Å². The van der Waals surface area contributed by atoms with Gasteiger partial charge < -0.3 is 9.73 Å². The SMILES string of the molecule is CNC(c1ccsc1)c1ccc(C)o1. The van der Waals surface area contributed by atoms with E-state index in [1.54, 1.807) is 11.3 Å². The predicted octanol–water partition coefficient (Wildman–Crippen LogP) is 2.96. The molecule has 2 nitrogen and oxygen atoms in total. The molecule has 2 aromatic rings. The quantitative estimate of drug-likeness (QED) is 0.837. The molecule has 1 unspecified atom stereocenters. The summed E-state index contributed by atoms with van der Waals surface area (Å²) in [6.07, 6.45) is 0.